The van der Waals surface area contributed by atoms with Gasteiger partial charge in [-0.3, -0.25) is 14.9 Å². The molecule has 0 bridgehead atoms. The molecule has 0 saturated carbocycles. The van der Waals surface area contributed by atoms with Gasteiger partial charge in [-0.15, -0.1) is 0 Å². The van der Waals surface area contributed by atoms with Gasteiger partial charge in [0.1, 0.15) is 5.82 Å². The number of rotatable bonds is 4. The Morgan fingerprint density at radius 2 is 2.00 bits per heavy atom. The molecule has 1 heterocycles. The van der Waals surface area contributed by atoms with Crippen molar-refractivity contribution in [2.75, 3.05) is 6.54 Å². The first-order valence-electron chi connectivity index (χ1n) is 6.63. The Morgan fingerprint density at radius 1 is 1.35 bits per heavy atom. The lowest BCUT2D eigenvalue weighted by Crippen LogP contribution is -2.19. The van der Waals surface area contributed by atoms with Crippen LogP contribution in [0.5, 0.6) is 0 Å². The van der Waals surface area contributed by atoms with Gasteiger partial charge in [-0.05, 0) is 44.5 Å². The van der Waals surface area contributed by atoms with Gasteiger partial charge in [0.2, 0.25) is 0 Å². The SMILES string of the molecule is CCCN=C(C)c1c(C)[nH]n(-c2ccc(F)cc2)c1=O. The second-order valence-corrected chi connectivity index (χ2v) is 4.70. The smallest absolute Gasteiger partial charge is 0.280 e. The minimum absolute atomic E-state index is 0.161. The van der Waals surface area contributed by atoms with Crippen LogP contribution in [0.4, 0.5) is 4.39 Å². The van der Waals surface area contributed by atoms with Crippen LogP contribution in [0.3, 0.4) is 0 Å². The number of benzene rings is 1. The molecule has 2 aromatic rings. The third-order valence-electron chi connectivity index (χ3n) is 3.09. The Morgan fingerprint density at radius 3 is 2.60 bits per heavy atom. The number of hydrogen-bond acceptors (Lipinski definition) is 2. The van der Waals surface area contributed by atoms with Crippen LogP contribution in [0.2, 0.25) is 0 Å². The van der Waals surface area contributed by atoms with E-state index in [0.717, 1.165) is 17.8 Å². The molecule has 0 aliphatic carbocycles. The lowest BCUT2D eigenvalue weighted by atomic mass is 10.2. The number of aryl methyl sites for hydroxylation is 1. The second kappa shape index (κ2) is 5.86. The maximum absolute atomic E-state index is 12.9. The van der Waals surface area contributed by atoms with Crippen molar-refractivity contribution in [3.8, 4) is 5.69 Å². The first-order valence-corrected chi connectivity index (χ1v) is 6.63. The van der Waals surface area contributed by atoms with Gasteiger partial charge < -0.3 is 0 Å². The van der Waals surface area contributed by atoms with E-state index in [9.17, 15) is 9.18 Å². The molecule has 0 aliphatic heterocycles. The zero-order chi connectivity index (χ0) is 14.7. The fourth-order valence-corrected chi connectivity index (χ4v) is 2.10. The second-order valence-electron chi connectivity index (χ2n) is 4.70. The Bertz CT molecular complexity index is 680. The Balaban J connectivity index is 2.49. The molecule has 0 saturated heterocycles. The molecular weight excluding hydrogens is 257 g/mol. The molecule has 4 nitrogen and oxygen atoms in total. The minimum Gasteiger partial charge on any atom is -0.295 e. The number of nitrogens with one attached hydrogen (secondary N) is 1. The summed E-state index contributed by atoms with van der Waals surface area (Å²) in [6.07, 6.45) is 0.937. The van der Waals surface area contributed by atoms with Crippen molar-refractivity contribution < 1.29 is 4.39 Å². The topological polar surface area (TPSA) is 50.1 Å². The summed E-state index contributed by atoms with van der Waals surface area (Å²) in [7, 11) is 0. The average Bonchev–Trinajstić information content (AvgIpc) is 2.72. The summed E-state index contributed by atoms with van der Waals surface area (Å²) in [5, 5.41) is 3.01. The van der Waals surface area contributed by atoms with E-state index in [4.69, 9.17) is 0 Å². The summed E-state index contributed by atoms with van der Waals surface area (Å²) in [5.74, 6) is -0.328. The summed E-state index contributed by atoms with van der Waals surface area (Å²) >= 11 is 0. The minimum atomic E-state index is -0.328. The molecule has 0 atom stereocenters. The number of aromatic amines is 1. The summed E-state index contributed by atoms with van der Waals surface area (Å²) in [5.41, 5.74) is 2.52. The van der Waals surface area contributed by atoms with E-state index < -0.39 is 0 Å². The van der Waals surface area contributed by atoms with E-state index in [1.54, 1.807) is 12.1 Å². The molecule has 20 heavy (non-hydrogen) atoms. The lowest BCUT2D eigenvalue weighted by Gasteiger charge is -2.00. The van der Waals surface area contributed by atoms with Crippen molar-refractivity contribution in [1.29, 1.82) is 0 Å². The number of hydrogen-bond donors (Lipinski definition) is 1. The fourth-order valence-electron chi connectivity index (χ4n) is 2.10. The Labute approximate surface area is 117 Å². The molecule has 0 aliphatic rings. The van der Waals surface area contributed by atoms with Crippen LogP contribution in [0, 0.1) is 12.7 Å². The quantitative estimate of drug-likeness (QED) is 0.857. The van der Waals surface area contributed by atoms with E-state index in [1.807, 2.05) is 20.8 Å². The lowest BCUT2D eigenvalue weighted by molar-refractivity contribution is 0.627. The zero-order valence-corrected chi connectivity index (χ0v) is 11.9. The van der Waals surface area contributed by atoms with Crippen molar-refractivity contribution in [2.45, 2.75) is 27.2 Å². The first kappa shape index (κ1) is 14.2. The summed E-state index contributed by atoms with van der Waals surface area (Å²) in [6, 6.07) is 5.79. The van der Waals surface area contributed by atoms with Crippen LogP contribution in [0.1, 0.15) is 31.5 Å². The van der Waals surface area contributed by atoms with E-state index in [2.05, 4.69) is 10.1 Å². The largest absolute Gasteiger partial charge is 0.295 e. The summed E-state index contributed by atoms with van der Waals surface area (Å²) < 4.78 is 14.4. The monoisotopic (exact) mass is 275 g/mol. The molecule has 0 spiro atoms. The van der Waals surface area contributed by atoms with Gasteiger partial charge in [0.15, 0.2) is 0 Å². The molecule has 106 valence electrons. The zero-order valence-electron chi connectivity index (χ0n) is 11.9. The van der Waals surface area contributed by atoms with Gasteiger partial charge in [-0.1, -0.05) is 6.92 Å². The molecular formula is C15H18FN3O. The van der Waals surface area contributed by atoms with Gasteiger partial charge in [0.25, 0.3) is 5.56 Å². The van der Waals surface area contributed by atoms with Gasteiger partial charge in [-0.25, -0.2) is 9.07 Å². The van der Waals surface area contributed by atoms with Crippen molar-refractivity contribution >= 4 is 5.71 Å². The van der Waals surface area contributed by atoms with Crippen molar-refractivity contribution in [1.82, 2.24) is 9.78 Å². The van der Waals surface area contributed by atoms with E-state index in [1.165, 1.54) is 16.8 Å². The van der Waals surface area contributed by atoms with Gasteiger partial charge >= 0.3 is 0 Å². The maximum atomic E-state index is 12.9. The van der Waals surface area contributed by atoms with Gasteiger partial charge in [0.05, 0.1) is 11.3 Å². The predicted molar refractivity (Wildman–Crippen MR) is 78.5 cm³/mol. The molecule has 1 aromatic heterocycles. The third kappa shape index (κ3) is 2.71. The van der Waals surface area contributed by atoms with E-state index in [-0.39, 0.29) is 11.4 Å². The molecule has 2 rings (SSSR count). The van der Waals surface area contributed by atoms with Crippen molar-refractivity contribution in [2.24, 2.45) is 4.99 Å². The Kier molecular flexibility index (Phi) is 4.17. The maximum Gasteiger partial charge on any atom is 0.280 e. The van der Waals surface area contributed by atoms with Crippen LogP contribution < -0.4 is 5.56 Å². The Hall–Kier alpha value is -2.17. The number of halogens is 1. The van der Waals surface area contributed by atoms with Gasteiger partial charge in [-0.2, -0.15) is 0 Å². The van der Waals surface area contributed by atoms with Crippen LogP contribution in [-0.4, -0.2) is 22.0 Å². The normalized spacial score (nSPS) is 11.9. The van der Waals surface area contributed by atoms with E-state index >= 15 is 0 Å². The highest BCUT2D eigenvalue weighted by molar-refractivity contribution is 5.99. The highest BCUT2D eigenvalue weighted by Crippen LogP contribution is 2.09. The molecule has 0 radical (unpaired) electrons. The molecule has 0 unspecified atom stereocenters. The number of aliphatic imine (C=N–C) groups is 1. The van der Waals surface area contributed by atoms with Gasteiger partial charge in [0, 0.05) is 18.0 Å². The summed E-state index contributed by atoms with van der Waals surface area (Å²) in [6.45, 7) is 6.41. The molecule has 5 heteroatoms. The first-order chi connectivity index (χ1) is 9.54. The van der Waals surface area contributed by atoms with Crippen LogP contribution >= 0.6 is 0 Å². The fraction of sp³-hybridized carbons (Fsp3) is 0.333. The summed E-state index contributed by atoms with van der Waals surface area (Å²) in [4.78, 5) is 16.8. The molecule has 1 N–H and O–H groups in total. The third-order valence-corrected chi connectivity index (χ3v) is 3.09. The highest BCUT2D eigenvalue weighted by atomic mass is 19.1. The van der Waals surface area contributed by atoms with Crippen LogP contribution in [0.15, 0.2) is 34.1 Å². The predicted octanol–water partition coefficient (Wildman–Crippen LogP) is 2.83. The number of nitrogens with zero attached hydrogens (tertiary/aromatic N) is 2. The van der Waals surface area contributed by atoms with Crippen LogP contribution in [0.25, 0.3) is 5.69 Å². The number of aromatic nitrogens is 2. The van der Waals surface area contributed by atoms with Crippen molar-refractivity contribution in [3.05, 3.63) is 51.7 Å². The molecule has 0 fully saturated rings. The standard InChI is InChI=1S/C15H18FN3O/c1-4-9-17-10(2)14-11(3)18-19(15(14)20)13-7-5-12(16)6-8-13/h5-8,18H,4,9H2,1-3H3. The van der Waals surface area contributed by atoms with Crippen molar-refractivity contribution in [3.63, 3.8) is 0 Å². The number of H-pyrrole nitrogens is 1. The molecule has 1 aromatic carbocycles. The van der Waals surface area contributed by atoms with Crippen LogP contribution in [-0.2, 0) is 0 Å². The molecule has 0 amide bonds. The average molecular weight is 275 g/mol. The highest BCUT2D eigenvalue weighted by Gasteiger charge is 2.14. The van der Waals surface area contributed by atoms with E-state index in [0.29, 0.717) is 17.8 Å².